The third-order valence-electron chi connectivity index (χ3n) is 3.10. The maximum atomic E-state index is 11.0. The van der Waals surface area contributed by atoms with Crippen molar-refractivity contribution in [2.75, 3.05) is 0 Å². The molecule has 1 aromatic heterocycles. The van der Waals surface area contributed by atoms with Gasteiger partial charge in [0.1, 0.15) is 0 Å². The molecule has 4 heteroatoms. The van der Waals surface area contributed by atoms with Crippen LogP contribution >= 0.6 is 11.3 Å². The highest BCUT2D eigenvalue weighted by atomic mass is 32.1. The minimum absolute atomic E-state index is 0.277. The Labute approximate surface area is 93.2 Å². The van der Waals surface area contributed by atoms with Gasteiger partial charge in [-0.15, -0.1) is 11.3 Å². The molecule has 0 aromatic carbocycles. The number of aromatic carboxylic acids is 1. The zero-order valence-corrected chi connectivity index (χ0v) is 9.59. The average Bonchev–Trinajstić information content (AvgIpc) is 2.65. The molecule has 0 amide bonds. The Bertz CT molecular complexity index is 361. The van der Waals surface area contributed by atoms with Gasteiger partial charge in [0.2, 0.25) is 0 Å². The number of hydrogen-bond acceptors (Lipinski definition) is 3. The lowest BCUT2D eigenvalue weighted by Gasteiger charge is -2.25. The van der Waals surface area contributed by atoms with E-state index in [1.54, 1.807) is 5.51 Å². The molecule has 0 bridgehead atoms. The van der Waals surface area contributed by atoms with E-state index in [1.807, 2.05) is 0 Å². The molecular formula is C11H15NO2S. The van der Waals surface area contributed by atoms with E-state index in [4.69, 9.17) is 5.11 Å². The number of carboxylic acids is 1. The van der Waals surface area contributed by atoms with Crippen molar-refractivity contribution in [1.82, 2.24) is 4.98 Å². The number of thiazole rings is 1. The van der Waals surface area contributed by atoms with Gasteiger partial charge in [-0.25, -0.2) is 9.78 Å². The summed E-state index contributed by atoms with van der Waals surface area (Å²) in [6, 6.07) is 0. The molecule has 82 valence electrons. The number of carboxylic acid groups (broad SMARTS) is 1. The van der Waals surface area contributed by atoms with Gasteiger partial charge in [0.05, 0.1) is 5.51 Å². The van der Waals surface area contributed by atoms with E-state index in [2.05, 4.69) is 11.9 Å². The van der Waals surface area contributed by atoms with Gasteiger partial charge in [-0.1, -0.05) is 19.8 Å². The van der Waals surface area contributed by atoms with E-state index < -0.39 is 5.97 Å². The van der Waals surface area contributed by atoms with Crippen LogP contribution in [0.3, 0.4) is 0 Å². The van der Waals surface area contributed by atoms with Gasteiger partial charge in [-0.3, -0.25) is 0 Å². The van der Waals surface area contributed by atoms with E-state index in [-0.39, 0.29) is 5.69 Å². The topological polar surface area (TPSA) is 50.2 Å². The lowest BCUT2D eigenvalue weighted by Crippen LogP contribution is -2.13. The molecule has 1 aliphatic carbocycles. The highest BCUT2D eigenvalue weighted by Crippen LogP contribution is 2.38. The van der Waals surface area contributed by atoms with Gasteiger partial charge in [0.15, 0.2) is 5.69 Å². The highest BCUT2D eigenvalue weighted by Gasteiger charge is 2.26. The number of rotatable bonds is 2. The molecule has 3 nitrogen and oxygen atoms in total. The highest BCUT2D eigenvalue weighted by molar-refractivity contribution is 7.10. The molecule has 1 heterocycles. The molecule has 1 saturated carbocycles. The third kappa shape index (κ3) is 2.20. The van der Waals surface area contributed by atoms with Crippen LogP contribution in [0.25, 0.3) is 0 Å². The first-order valence-electron chi connectivity index (χ1n) is 5.35. The normalized spacial score (nSPS) is 26.5. The number of hydrogen-bond donors (Lipinski definition) is 1. The van der Waals surface area contributed by atoms with E-state index in [0.29, 0.717) is 11.8 Å². The Morgan fingerprint density at radius 2 is 2.40 bits per heavy atom. The SMILES string of the molecule is CC1CCCC(c2scnc2C(=O)O)C1. The Morgan fingerprint density at radius 1 is 1.60 bits per heavy atom. The molecule has 2 rings (SSSR count). The molecule has 2 unspecified atom stereocenters. The van der Waals surface area contributed by atoms with E-state index in [9.17, 15) is 4.79 Å². The first-order valence-corrected chi connectivity index (χ1v) is 6.23. The fourth-order valence-electron chi connectivity index (χ4n) is 2.38. The summed E-state index contributed by atoms with van der Waals surface area (Å²) in [7, 11) is 0. The summed E-state index contributed by atoms with van der Waals surface area (Å²) in [4.78, 5) is 15.9. The molecular weight excluding hydrogens is 210 g/mol. The number of aromatic nitrogens is 1. The van der Waals surface area contributed by atoms with E-state index >= 15 is 0 Å². The van der Waals surface area contributed by atoms with Crippen LogP contribution < -0.4 is 0 Å². The van der Waals surface area contributed by atoms with Crippen molar-refractivity contribution in [2.24, 2.45) is 5.92 Å². The van der Waals surface area contributed by atoms with E-state index in [1.165, 1.54) is 24.2 Å². The monoisotopic (exact) mass is 225 g/mol. The maximum Gasteiger partial charge on any atom is 0.355 e. The Morgan fingerprint density at radius 3 is 3.07 bits per heavy atom. The Kier molecular flexibility index (Phi) is 3.05. The van der Waals surface area contributed by atoms with Crippen LogP contribution in [0.1, 0.15) is 53.9 Å². The second-order valence-corrected chi connectivity index (χ2v) is 5.23. The maximum absolute atomic E-state index is 11.0. The number of nitrogens with zero attached hydrogens (tertiary/aromatic N) is 1. The van der Waals surface area contributed by atoms with Gasteiger partial charge in [0, 0.05) is 4.88 Å². The van der Waals surface area contributed by atoms with Crippen LogP contribution in [0.15, 0.2) is 5.51 Å². The number of carbonyl (C=O) groups is 1. The minimum Gasteiger partial charge on any atom is -0.476 e. The lowest BCUT2D eigenvalue weighted by molar-refractivity contribution is 0.0689. The smallest absolute Gasteiger partial charge is 0.355 e. The summed E-state index contributed by atoms with van der Waals surface area (Å²) in [5.41, 5.74) is 1.93. The average molecular weight is 225 g/mol. The molecule has 0 spiro atoms. The Balaban J connectivity index is 2.21. The summed E-state index contributed by atoms with van der Waals surface area (Å²) in [6.07, 6.45) is 4.72. The summed E-state index contributed by atoms with van der Waals surface area (Å²) in [5, 5.41) is 9.00. The van der Waals surface area contributed by atoms with Gasteiger partial charge >= 0.3 is 5.97 Å². The van der Waals surface area contributed by atoms with Crippen LogP contribution in [0.2, 0.25) is 0 Å². The molecule has 1 fully saturated rings. The van der Waals surface area contributed by atoms with Crippen LogP contribution in [-0.4, -0.2) is 16.1 Å². The molecule has 1 aliphatic rings. The van der Waals surface area contributed by atoms with Crippen molar-refractivity contribution in [2.45, 2.75) is 38.5 Å². The predicted molar refractivity (Wildman–Crippen MR) is 59.4 cm³/mol. The van der Waals surface area contributed by atoms with Crippen molar-refractivity contribution >= 4 is 17.3 Å². The molecule has 0 saturated heterocycles. The van der Waals surface area contributed by atoms with Crippen molar-refractivity contribution in [1.29, 1.82) is 0 Å². The molecule has 1 aromatic rings. The van der Waals surface area contributed by atoms with Gasteiger partial charge in [0.25, 0.3) is 0 Å². The van der Waals surface area contributed by atoms with Crippen molar-refractivity contribution in [3.63, 3.8) is 0 Å². The van der Waals surface area contributed by atoms with Gasteiger partial charge in [-0.05, 0) is 24.7 Å². The Hall–Kier alpha value is -0.900. The summed E-state index contributed by atoms with van der Waals surface area (Å²) >= 11 is 1.49. The van der Waals surface area contributed by atoms with Crippen molar-refractivity contribution in [3.8, 4) is 0 Å². The summed E-state index contributed by atoms with van der Waals surface area (Å²) in [6.45, 7) is 2.24. The fourth-order valence-corrected chi connectivity index (χ4v) is 3.31. The predicted octanol–water partition coefficient (Wildman–Crippen LogP) is 3.14. The third-order valence-corrected chi connectivity index (χ3v) is 4.10. The molecule has 2 atom stereocenters. The van der Waals surface area contributed by atoms with E-state index in [0.717, 1.165) is 17.7 Å². The first-order chi connectivity index (χ1) is 7.18. The molecule has 15 heavy (non-hydrogen) atoms. The molecule has 1 N–H and O–H groups in total. The second-order valence-electron chi connectivity index (χ2n) is 4.34. The quantitative estimate of drug-likeness (QED) is 0.841. The minimum atomic E-state index is -0.885. The zero-order chi connectivity index (χ0) is 10.8. The van der Waals surface area contributed by atoms with Crippen LogP contribution in [-0.2, 0) is 0 Å². The second kappa shape index (κ2) is 4.31. The summed E-state index contributed by atoms with van der Waals surface area (Å²) in [5.74, 6) is 0.254. The zero-order valence-electron chi connectivity index (χ0n) is 8.77. The first kappa shape index (κ1) is 10.6. The largest absolute Gasteiger partial charge is 0.476 e. The standard InChI is InChI=1S/C11H15NO2S/c1-7-3-2-4-8(5-7)10-9(11(13)14)12-6-15-10/h6-8H,2-5H2,1H3,(H,13,14). The molecule has 0 aliphatic heterocycles. The van der Waals surface area contributed by atoms with Gasteiger partial charge < -0.3 is 5.11 Å². The lowest BCUT2D eigenvalue weighted by atomic mass is 9.81. The van der Waals surface area contributed by atoms with Crippen LogP contribution in [0.4, 0.5) is 0 Å². The van der Waals surface area contributed by atoms with Crippen molar-refractivity contribution in [3.05, 3.63) is 16.1 Å². The van der Waals surface area contributed by atoms with Crippen molar-refractivity contribution < 1.29 is 9.90 Å². The van der Waals surface area contributed by atoms with Crippen LogP contribution in [0.5, 0.6) is 0 Å². The summed E-state index contributed by atoms with van der Waals surface area (Å²) < 4.78 is 0. The van der Waals surface area contributed by atoms with Crippen LogP contribution in [0, 0.1) is 5.92 Å². The fraction of sp³-hybridized carbons (Fsp3) is 0.636. The van der Waals surface area contributed by atoms with Gasteiger partial charge in [-0.2, -0.15) is 0 Å². The molecule has 0 radical (unpaired) electrons.